The Bertz CT molecular complexity index is 474. The summed E-state index contributed by atoms with van der Waals surface area (Å²) in [6, 6.07) is 18.7. The molecule has 1 atom stereocenters. The van der Waals surface area contributed by atoms with Crippen molar-refractivity contribution in [1.82, 2.24) is 0 Å². The predicted molar refractivity (Wildman–Crippen MR) is 73.7 cm³/mol. The summed E-state index contributed by atoms with van der Waals surface area (Å²) in [7, 11) is 0. The minimum Gasteiger partial charge on any atom is -0.0985 e. The highest BCUT2D eigenvalue weighted by Crippen LogP contribution is 2.32. The second kappa shape index (κ2) is 5.13. The fourth-order valence-electron chi connectivity index (χ4n) is 1.73. The molecular formula is C15H13Br. The molecule has 0 N–H and O–H groups in total. The highest BCUT2D eigenvalue weighted by atomic mass is 79.9. The van der Waals surface area contributed by atoms with Crippen molar-refractivity contribution >= 4 is 22.0 Å². The van der Waals surface area contributed by atoms with Gasteiger partial charge in [0.15, 0.2) is 0 Å². The topological polar surface area (TPSA) is 0 Å². The smallest absolute Gasteiger partial charge is 0.0650 e. The number of halogens is 1. The monoisotopic (exact) mass is 272 g/mol. The summed E-state index contributed by atoms with van der Waals surface area (Å²) in [6.07, 6.45) is 1.90. The molecule has 0 amide bonds. The van der Waals surface area contributed by atoms with Crippen LogP contribution in [0.1, 0.15) is 21.5 Å². The van der Waals surface area contributed by atoms with Crippen LogP contribution in [-0.2, 0) is 0 Å². The zero-order chi connectivity index (χ0) is 11.4. The van der Waals surface area contributed by atoms with E-state index in [-0.39, 0.29) is 4.83 Å². The molecule has 1 unspecified atom stereocenters. The van der Waals surface area contributed by atoms with Gasteiger partial charge in [-0.05, 0) is 16.7 Å². The van der Waals surface area contributed by atoms with Gasteiger partial charge in [0, 0.05) is 0 Å². The molecule has 2 aromatic rings. The van der Waals surface area contributed by atoms with Gasteiger partial charge in [-0.2, -0.15) is 0 Å². The van der Waals surface area contributed by atoms with Crippen LogP contribution in [0, 0.1) is 0 Å². The molecule has 0 saturated carbocycles. The molecule has 0 saturated heterocycles. The van der Waals surface area contributed by atoms with Crippen molar-refractivity contribution in [3.05, 3.63) is 77.9 Å². The maximum absolute atomic E-state index is 3.85. The van der Waals surface area contributed by atoms with Gasteiger partial charge < -0.3 is 0 Å². The standard InChI is InChI=1S/C15H13Br/c1-2-12-8-6-7-11-14(12)15(16)13-9-4-3-5-10-13/h2-11,15H,1H2. The Labute approximate surface area is 105 Å². The summed E-state index contributed by atoms with van der Waals surface area (Å²) >= 11 is 3.74. The third kappa shape index (κ3) is 2.25. The Morgan fingerprint density at radius 3 is 2.25 bits per heavy atom. The van der Waals surface area contributed by atoms with E-state index in [1.165, 1.54) is 16.7 Å². The Morgan fingerprint density at radius 2 is 1.56 bits per heavy atom. The normalized spacial score (nSPS) is 12.1. The van der Waals surface area contributed by atoms with Gasteiger partial charge >= 0.3 is 0 Å². The first-order valence-electron chi connectivity index (χ1n) is 5.23. The fourth-order valence-corrected chi connectivity index (χ4v) is 2.45. The fraction of sp³-hybridized carbons (Fsp3) is 0.0667. The van der Waals surface area contributed by atoms with Crippen LogP contribution in [0.4, 0.5) is 0 Å². The van der Waals surface area contributed by atoms with Gasteiger partial charge in [0.1, 0.15) is 0 Å². The van der Waals surface area contributed by atoms with Gasteiger partial charge in [0.25, 0.3) is 0 Å². The van der Waals surface area contributed by atoms with Crippen LogP contribution in [-0.4, -0.2) is 0 Å². The SMILES string of the molecule is C=Cc1ccccc1C(Br)c1ccccc1. The van der Waals surface area contributed by atoms with E-state index in [9.17, 15) is 0 Å². The maximum atomic E-state index is 3.85. The molecule has 0 aliphatic heterocycles. The molecular weight excluding hydrogens is 260 g/mol. The summed E-state index contributed by atoms with van der Waals surface area (Å²) in [6.45, 7) is 3.85. The minimum atomic E-state index is 0.225. The summed E-state index contributed by atoms with van der Waals surface area (Å²) in [5.41, 5.74) is 3.69. The van der Waals surface area contributed by atoms with Crippen LogP contribution in [0.3, 0.4) is 0 Å². The average Bonchev–Trinajstić information content (AvgIpc) is 2.39. The lowest BCUT2D eigenvalue weighted by molar-refractivity contribution is 1.17. The van der Waals surface area contributed by atoms with Gasteiger partial charge in [-0.3, -0.25) is 0 Å². The average molecular weight is 273 g/mol. The van der Waals surface area contributed by atoms with Crippen molar-refractivity contribution in [2.24, 2.45) is 0 Å². The van der Waals surface area contributed by atoms with E-state index in [1.54, 1.807) is 0 Å². The number of hydrogen-bond acceptors (Lipinski definition) is 0. The quantitative estimate of drug-likeness (QED) is 0.704. The first-order valence-corrected chi connectivity index (χ1v) is 6.15. The summed E-state index contributed by atoms with van der Waals surface area (Å²) in [5.74, 6) is 0. The summed E-state index contributed by atoms with van der Waals surface area (Å²) in [5, 5.41) is 0. The van der Waals surface area contributed by atoms with E-state index >= 15 is 0 Å². The molecule has 2 aromatic carbocycles. The number of alkyl halides is 1. The Morgan fingerprint density at radius 1 is 0.938 bits per heavy atom. The van der Waals surface area contributed by atoms with Gasteiger partial charge in [-0.25, -0.2) is 0 Å². The van der Waals surface area contributed by atoms with E-state index in [0.29, 0.717) is 0 Å². The lowest BCUT2D eigenvalue weighted by Gasteiger charge is -2.13. The first kappa shape index (κ1) is 11.2. The van der Waals surface area contributed by atoms with Crippen LogP contribution in [0.15, 0.2) is 61.2 Å². The van der Waals surface area contributed by atoms with E-state index in [0.717, 1.165) is 0 Å². The van der Waals surface area contributed by atoms with E-state index in [1.807, 2.05) is 18.2 Å². The third-order valence-electron chi connectivity index (χ3n) is 2.58. The highest BCUT2D eigenvalue weighted by molar-refractivity contribution is 9.09. The molecule has 0 aliphatic rings. The van der Waals surface area contributed by atoms with Crippen LogP contribution in [0.25, 0.3) is 6.08 Å². The van der Waals surface area contributed by atoms with E-state index in [2.05, 4.69) is 65.0 Å². The highest BCUT2D eigenvalue weighted by Gasteiger charge is 2.11. The molecule has 80 valence electrons. The van der Waals surface area contributed by atoms with Crippen LogP contribution < -0.4 is 0 Å². The molecule has 0 spiro atoms. The lowest BCUT2D eigenvalue weighted by atomic mass is 10.00. The molecule has 0 heterocycles. The molecule has 0 bridgehead atoms. The molecule has 0 fully saturated rings. The van der Waals surface area contributed by atoms with Crippen LogP contribution >= 0.6 is 15.9 Å². The van der Waals surface area contributed by atoms with E-state index < -0.39 is 0 Å². The van der Waals surface area contributed by atoms with Crippen molar-refractivity contribution in [1.29, 1.82) is 0 Å². The minimum absolute atomic E-state index is 0.225. The summed E-state index contributed by atoms with van der Waals surface area (Å²) in [4.78, 5) is 0.225. The summed E-state index contributed by atoms with van der Waals surface area (Å²) < 4.78 is 0. The van der Waals surface area contributed by atoms with Gasteiger partial charge in [-0.1, -0.05) is 83.2 Å². The molecule has 0 radical (unpaired) electrons. The third-order valence-corrected chi connectivity index (χ3v) is 3.60. The van der Waals surface area contributed by atoms with Crippen LogP contribution in [0.5, 0.6) is 0 Å². The van der Waals surface area contributed by atoms with Crippen molar-refractivity contribution < 1.29 is 0 Å². The van der Waals surface area contributed by atoms with Crippen molar-refractivity contribution in [3.8, 4) is 0 Å². The molecule has 1 heteroatoms. The number of rotatable bonds is 3. The maximum Gasteiger partial charge on any atom is 0.0650 e. The number of hydrogen-bond donors (Lipinski definition) is 0. The van der Waals surface area contributed by atoms with Gasteiger partial charge in [0.2, 0.25) is 0 Å². The Hall–Kier alpha value is -1.34. The largest absolute Gasteiger partial charge is 0.0985 e. The first-order chi connectivity index (χ1) is 7.83. The molecule has 0 nitrogen and oxygen atoms in total. The molecule has 2 rings (SSSR count). The Kier molecular flexibility index (Phi) is 3.58. The molecule has 0 aliphatic carbocycles. The van der Waals surface area contributed by atoms with Crippen molar-refractivity contribution in [3.63, 3.8) is 0 Å². The molecule has 0 aromatic heterocycles. The predicted octanol–water partition coefficient (Wildman–Crippen LogP) is 4.81. The Balaban J connectivity index is 2.41. The lowest BCUT2D eigenvalue weighted by Crippen LogP contribution is -1.94. The van der Waals surface area contributed by atoms with Crippen molar-refractivity contribution in [2.75, 3.05) is 0 Å². The number of benzene rings is 2. The van der Waals surface area contributed by atoms with E-state index in [4.69, 9.17) is 0 Å². The molecule has 16 heavy (non-hydrogen) atoms. The van der Waals surface area contributed by atoms with Gasteiger partial charge in [0.05, 0.1) is 4.83 Å². The van der Waals surface area contributed by atoms with Crippen molar-refractivity contribution in [2.45, 2.75) is 4.83 Å². The second-order valence-corrected chi connectivity index (χ2v) is 4.52. The zero-order valence-electron chi connectivity index (χ0n) is 8.94. The zero-order valence-corrected chi connectivity index (χ0v) is 10.5. The van der Waals surface area contributed by atoms with Crippen LogP contribution in [0.2, 0.25) is 0 Å². The van der Waals surface area contributed by atoms with Gasteiger partial charge in [-0.15, -0.1) is 0 Å². The second-order valence-electron chi connectivity index (χ2n) is 3.61.